The lowest BCUT2D eigenvalue weighted by molar-refractivity contribution is -0.714. The molecule has 0 spiro atoms. The van der Waals surface area contributed by atoms with Gasteiger partial charge >= 0.3 is 11.6 Å². The third-order valence-electron chi connectivity index (χ3n) is 6.05. The number of hydrogen-bond acceptors (Lipinski definition) is 9. The second-order valence-corrected chi connectivity index (χ2v) is 9.81. The van der Waals surface area contributed by atoms with Gasteiger partial charge in [0, 0.05) is 36.3 Å². The summed E-state index contributed by atoms with van der Waals surface area (Å²) in [6.07, 6.45) is 0. The van der Waals surface area contributed by atoms with Crippen molar-refractivity contribution in [1.29, 1.82) is 0 Å². The van der Waals surface area contributed by atoms with Gasteiger partial charge in [-0.3, -0.25) is 4.79 Å². The van der Waals surface area contributed by atoms with E-state index in [0.29, 0.717) is 50.0 Å². The maximum atomic E-state index is 13.7. The minimum Gasteiger partial charge on any atom is -0.862 e. The zero-order valence-corrected chi connectivity index (χ0v) is 22.3. The topological polar surface area (TPSA) is 117 Å². The Kier molecular flexibility index (Phi) is 7.63. The summed E-state index contributed by atoms with van der Waals surface area (Å²) in [4.78, 5) is 19.8. The molecule has 0 atom stereocenters. The normalized spacial score (nSPS) is 14.8. The summed E-state index contributed by atoms with van der Waals surface area (Å²) in [7, 11) is 1.66. The first-order valence-corrected chi connectivity index (χ1v) is 12.4. The van der Waals surface area contributed by atoms with Gasteiger partial charge in [-0.2, -0.15) is 0 Å². The molecule has 1 aliphatic rings. The van der Waals surface area contributed by atoms with Crippen molar-refractivity contribution < 1.29 is 28.8 Å². The highest BCUT2D eigenvalue weighted by molar-refractivity contribution is 5.97. The number of ketones is 1. The molecule has 3 aromatic rings. The Labute approximate surface area is 216 Å². The van der Waals surface area contributed by atoms with Gasteiger partial charge in [-0.1, -0.05) is 25.3 Å². The van der Waals surface area contributed by atoms with Crippen LogP contribution < -0.4 is 24.2 Å². The maximum Gasteiger partial charge on any atom is 0.383 e. The number of nitrogens with zero attached hydrogens (tertiary/aromatic N) is 6. The number of morpholine rings is 1. The van der Waals surface area contributed by atoms with Gasteiger partial charge in [-0.15, -0.1) is 4.68 Å². The van der Waals surface area contributed by atoms with Crippen molar-refractivity contribution in [2.75, 3.05) is 44.9 Å². The number of fused-ring (bicyclic) bond motifs is 1. The average Bonchev–Trinajstić information content (AvgIpc) is 3.18. The second kappa shape index (κ2) is 10.7. The highest BCUT2D eigenvalue weighted by Crippen LogP contribution is 2.40. The van der Waals surface area contributed by atoms with Crippen molar-refractivity contribution in [3.63, 3.8) is 0 Å². The molecular formula is C26H34N6O5. The van der Waals surface area contributed by atoms with Crippen LogP contribution in [0.1, 0.15) is 50.5 Å². The molecule has 0 saturated carbocycles. The van der Waals surface area contributed by atoms with Crippen LogP contribution in [-0.4, -0.2) is 66.4 Å². The lowest BCUT2D eigenvalue weighted by atomic mass is 9.84. The number of anilines is 1. The van der Waals surface area contributed by atoms with E-state index in [0.717, 1.165) is 17.0 Å². The summed E-state index contributed by atoms with van der Waals surface area (Å²) < 4.78 is 19.8. The number of carbonyl (C=O) groups is 1. The van der Waals surface area contributed by atoms with Crippen molar-refractivity contribution in [1.82, 2.24) is 14.7 Å². The SMILES string of the molecule is CCOc1ccc2n(n1)c(N=C(C)[O-])n[n+]2CC(=O)c1cc(N2CCOCC2)c(OC)c(C(C)(C)C)c1. The van der Waals surface area contributed by atoms with Crippen LogP contribution in [0.4, 0.5) is 11.6 Å². The summed E-state index contributed by atoms with van der Waals surface area (Å²) in [5.74, 6) is 0.647. The molecular weight excluding hydrogens is 476 g/mol. The summed E-state index contributed by atoms with van der Waals surface area (Å²) in [6, 6.07) is 7.22. The monoisotopic (exact) mass is 510 g/mol. The van der Waals surface area contributed by atoms with Crippen molar-refractivity contribution >= 4 is 29.0 Å². The number of aliphatic imine (C=N–C) groups is 1. The van der Waals surface area contributed by atoms with Crippen molar-refractivity contribution in [2.24, 2.45) is 4.99 Å². The van der Waals surface area contributed by atoms with Crippen LogP contribution in [0.5, 0.6) is 11.6 Å². The van der Waals surface area contributed by atoms with Crippen LogP contribution in [0.15, 0.2) is 29.3 Å². The predicted molar refractivity (Wildman–Crippen MR) is 136 cm³/mol. The molecule has 4 rings (SSSR count). The lowest BCUT2D eigenvalue weighted by Crippen LogP contribution is -2.40. The van der Waals surface area contributed by atoms with Crippen molar-refractivity contribution in [2.45, 2.75) is 46.6 Å². The molecule has 11 nitrogen and oxygen atoms in total. The van der Waals surface area contributed by atoms with E-state index < -0.39 is 5.90 Å². The van der Waals surface area contributed by atoms with Crippen LogP contribution in [0.3, 0.4) is 0 Å². The molecule has 37 heavy (non-hydrogen) atoms. The largest absolute Gasteiger partial charge is 0.862 e. The standard InChI is InChI=1S/C26H34N6O5/c1-7-37-22-8-9-23-31(29-25(27-17(2)33)32(23)28-22)16-21(34)18-14-19(26(3,4)5)24(35-6)20(15-18)30-10-12-36-13-11-30/h8-9,14-15H,7,10-13,16H2,1-6H3. The van der Waals surface area contributed by atoms with Crippen LogP contribution in [-0.2, 0) is 16.7 Å². The number of hydrogen-bond donors (Lipinski definition) is 0. The molecule has 3 heterocycles. The summed E-state index contributed by atoms with van der Waals surface area (Å²) in [5, 5.41) is 20.5. The number of ether oxygens (including phenoxy) is 3. The summed E-state index contributed by atoms with van der Waals surface area (Å²) >= 11 is 0. The molecule has 0 bridgehead atoms. The maximum absolute atomic E-state index is 13.7. The average molecular weight is 511 g/mol. The Morgan fingerprint density at radius 3 is 2.59 bits per heavy atom. The van der Waals surface area contributed by atoms with E-state index >= 15 is 0 Å². The Morgan fingerprint density at radius 2 is 1.97 bits per heavy atom. The van der Waals surface area contributed by atoms with Gasteiger partial charge in [0.15, 0.2) is 6.54 Å². The lowest BCUT2D eigenvalue weighted by Gasteiger charge is -2.33. The van der Waals surface area contributed by atoms with E-state index in [4.69, 9.17) is 14.2 Å². The number of benzene rings is 1. The molecule has 0 radical (unpaired) electrons. The molecule has 0 amide bonds. The Bertz CT molecular complexity index is 1320. The van der Waals surface area contributed by atoms with Gasteiger partial charge in [0.2, 0.25) is 5.78 Å². The molecule has 0 unspecified atom stereocenters. The molecule has 2 aromatic heterocycles. The van der Waals surface area contributed by atoms with Crippen LogP contribution >= 0.6 is 0 Å². The van der Waals surface area contributed by atoms with E-state index in [1.165, 1.54) is 16.1 Å². The minimum absolute atomic E-state index is 0.0644. The molecule has 11 heteroatoms. The van der Waals surface area contributed by atoms with Crippen molar-refractivity contribution in [3.8, 4) is 11.6 Å². The van der Waals surface area contributed by atoms with Gasteiger partial charge in [0.05, 0.1) is 32.6 Å². The molecule has 1 saturated heterocycles. The summed E-state index contributed by atoms with van der Waals surface area (Å²) in [6.45, 7) is 12.5. The quantitative estimate of drug-likeness (QED) is 0.195. The first-order valence-electron chi connectivity index (χ1n) is 12.4. The van der Waals surface area contributed by atoms with E-state index in [2.05, 4.69) is 40.9 Å². The van der Waals surface area contributed by atoms with E-state index in [1.807, 2.05) is 19.1 Å². The number of aromatic nitrogens is 4. The Hall–Kier alpha value is -3.73. The minimum atomic E-state index is -0.422. The smallest absolute Gasteiger partial charge is 0.383 e. The van der Waals surface area contributed by atoms with Crippen molar-refractivity contribution in [3.05, 3.63) is 35.4 Å². The first-order chi connectivity index (χ1) is 17.6. The van der Waals surface area contributed by atoms with Crippen LogP contribution in [0.2, 0.25) is 0 Å². The fourth-order valence-electron chi connectivity index (χ4n) is 4.31. The van der Waals surface area contributed by atoms with E-state index in [9.17, 15) is 9.90 Å². The van der Waals surface area contributed by atoms with Gasteiger partial charge < -0.3 is 24.2 Å². The summed E-state index contributed by atoms with van der Waals surface area (Å²) in [5.41, 5.74) is 2.61. The zero-order valence-electron chi connectivity index (χ0n) is 22.3. The molecule has 1 fully saturated rings. The highest BCUT2D eigenvalue weighted by Gasteiger charge is 2.29. The molecule has 0 N–H and O–H groups in total. The van der Waals surface area contributed by atoms with Gasteiger partial charge in [-0.25, -0.2) is 4.99 Å². The molecule has 198 valence electrons. The van der Waals surface area contributed by atoms with E-state index in [-0.39, 0.29) is 23.7 Å². The molecule has 1 aliphatic heterocycles. The Morgan fingerprint density at radius 1 is 1.24 bits per heavy atom. The first kappa shape index (κ1) is 26.3. The number of methoxy groups -OCH3 is 1. The number of Topliss-reactive ketones (excluding diaryl/α,β-unsaturated/α-hetero) is 1. The van der Waals surface area contributed by atoms with Crippen LogP contribution in [0, 0.1) is 0 Å². The fourth-order valence-corrected chi connectivity index (χ4v) is 4.31. The van der Waals surface area contributed by atoms with Gasteiger partial charge in [-0.05, 0) is 47.5 Å². The zero-order chi connectivity index (χ0) is 26.7. The Balaban J connectivity index is 1.77. The van der Waals surface area contributed by atoms with Crippen LogP contribution in [0.25, 0.3) is 5.65 Å². The van der Waals surface area contributed by atoms with E-state index in [1.54, 1.807) is 19.2 Å². The predicted octanol–water partition coefficient (Wildman–Crippen LogP) is 1.85. The third kappa shape index (κ3) is 5.66. The fraction of sp³-hybridized carbons (Fsp3) is 0.500. The highest BCUT2D eigenvalue weighted by atomic mass is 16.5. The van der Waals surface area contributed by atoms with Gasteiger partial charge in [0.25, 0.3) is 5.88 Å². The third-order valence-corrected chi connectivity index (χ3v) is 6.05. The second-order valence-electron chi connectivity index (χ2n) is 9.81. The number of carbonyl (C=O) groups excluding carboxylic acids is 1. The molecule has 0 aliphatic carbocycles. The van der Waals surface area contributed by atoms with Gasteiger partial charge in [0.1, 0.15) is 5.75 Å². The molecule has 1 aromatic carbocycles. The number of rotatable bonds is 8.